The zero-order valence-electron chi connectivity index (χ0n) is 12.1. The summed E-state index contributed by atoms with van der Waals surface area (Å²) in [4.78, 5) is 28.4. The van der Waals surface area contributed by atoms with E-state index in [0.29, 0.717) is 25.2 Å². The molecule has 2 amide bonds. The van der Waals surface area contributed by atoms with Crippen LogP contribution in [0.5, 0.6) is 0 Å². The Morgan fingerprint density at radius 1 is 1.19 bits per heavy atom. The van der Waals surface area contributed by atoms with Crippen LogP contribution >= 0.6 is 0 Å². The first-order chi connectivity index (χ1) is 10.1. The van der Waals surface area contributed by atoms with Crippen LogP contribution in [0.4, 0.5) is 10.1 Å². The Morgan fingerprint density at radius 3 is 2.76 bits per heavy atom. The molecule has 2 aliphatic heterocycles. The lowest BCUT2D eigenvalue weighted by molar-refractivity contribution is -0.138. The minimum absolute atomic E-state index is 0.0322. The molecular weight excluding hydrogens is 271 g/mol. The van der Waals surface area contributed by atoms with Gasteiger partial charge in [0.1, 0.15) is 11.9 Å². The van der Waals surface area contributed by atoms with Gasteiger partial charge >= 0.3 is 0 Å². The van der Waals surface area contributed by atoms with E-state index in [4.69, 9.17) is 0 Å². The third-order valence-electron chi connectivity index (χ3n) is 4.37. The van der Waals surface area contributed by atoms with Gasteiger partial charge < -0.3 is 9.80 Å². The van der Waals surface area contributed by atoms with Gasteiger partial charge in [0.05, 0.1) is 0 Å². The number of carbonyl (C=O) groups is 2. The second-order valence-electron chi connectivity index (χ2n) is 5.77. The monoisotopic (exact) mass is 290 g/mol. The third kappa shape index (κ3) is 2.52. The quantitative estimate of drug-likeness (QED) is 0.796. The van der Waals surface area contributed by atoms with Crippen molar-refractivity contribution < 1.29 is 14.0 Å². The van der Waals surface area contributed by atoms with E-state index < -0.39 is 0 Å². The van der Waals surface area contributed by atoms with Crippen LogP contribution in [-0.4, -0.2) is 35.8 Å². The van der Waals surface area contributed by atoms with Crippen molar-refractivity contribution in [2.24, 2.45) is 0 Å². The summed E-state index contributed by atoms with van der Waals surface area (Å²) in [6.07, 6.45) is 2.99. The summed E-state index contributed by atoms with van der Waals surface area (Å²) in [5.74, 6) is -0.292. The van der Waals surface area contributed by atoms with Gasteiger partial charge in [-0.15, -0.1) is 0 Å². The molecule has 0 bridgehead atoms. The minimum atomic E-state index is -0.349. The fourth-order valence-corrected chi connectivity index (χ4v) is 3.29. The summed E-state index contributed by atoms with van der Waals surface area (Å²) in [7, 11) is 0. The normalized spacial score (nSPS) is 23.0. The fourth-order valence-electron chi connectivity index (χ4n) is 3.29. The molecule has 3 rings (SSSR count). The third-order valence-corrected chi connectivity index (χ3v) is 4.37. The second-order valence-corrected chi connectivity index (χ2v) is 5.77. The van der Waals surface area contributed by atoms with Crippen molar-refractivity contribution in [1.82, 2.24) is 4.90 Å². The molecule has 21 heavy (non-hydrogen) atoms. The van der Waals surface area contributed by atoms with Gasteiger partial charge in [0.2, 0.25) is 11.8 Å². The van der Waals surface area contributed by atoms with Gasteiger partial charge in [-0.2, -0.15) is 0 Å². The van der Waals surface area contributed by atoms with Gasteiger partial charge in [-0.3, -0.25) is 9.59 Å². The van der Waals surface area contributed by atoms with Crippen molar-refractivity contribution >= 4 is 17.5 Å². The number of benzene rings is 1. The maximum atomic E-state index is 13.3. The summed E-state index contributed by atoms with van der Waals surface area (Å²) in [5.41, 5.74) is 1.43. The molecule has 112 valence electrons. The van der Waals surface area contributed by atoms with Gasteiger partial charge in [-0.25, -0.2) is 4.39 Å². The Kier molecular flexibility index (Phi) is 3.66. The Bertz CT molecular complexity index is 588. The highest BCUT2D eigenvalue weighted by atomic mass is 19.1. The second kappa shape index (κ2) is 5.47. The molecule has 1 aromatic rings. The molecule has 1 aromatic carbocycles. The first-order valence-electron chi connectivity index (χ1n) is 7.45. The fraction of sp³-hybridized carbons (Fsp3) is 0.500. The van der Waals surface area contributed by atoms with Gasteiger partial charge in [-0.1, -0.05) is 0 Å². The largest absolute Gasteiger partial charge is 0.331 e. The predicted octanol–water partition coefficient (Wildman–Crippen LogP) is 2.25. The lowest BCUT2D eigenvalue weighted by Crippen LogP contribution is -2.50. The van der Waals surface area contributed by atoms with E-state index in [9.17, 15) is 14.0 Å². The zero-order chi connectivity index (χ0) is 15.0. The van der Waals surface area contributed by atoms with Crippen LogP contribution in [0.3, 0.4) is 0 Å². The predicted molar refractivity (Wildman–Crippen MR) is 77.5 cm³/mol. The Hall–Kier alpha value is -1.91. The summed E-state index contributed by atoms with van der Waals surface area (Å²) in [6, 6.07) is 4.07. The number of aryl methyl sites for hydroxylation is 1. The molecule has 1 atom stereocenters. The molecule has 2 heterocycles. The number of amides is 2. The average molecular weight is 290 g/mol. The number of rotatable bonds is 1. The maximum absolute atomic E-state index is 13.3. The Labute approximate surface area is 123 Å². The standard InChI is InChI=1S/C16H19FN2O2/c1-11-10-12(17)5-6-13(11)19-9-7-15(20)18-8-3-2-4-14(18)16(19)21/h5-6,10,14H,2-4,7-9H2,1H3. The highest BCUT2D eigenvalue weighted by Gasteiger charge is 2.38. The van der Waals surface area contributed by atoms with E-state index in [1.165, 1.54) is 12.1 Å². The van der Waals surface area contributed by atoms with Gasteiger partial charge in [-0.05, 0) is 49.9 Å². The number of anilines is 1. The topological polar surface area (TPSA) is 40.6 Å². The van der Waals surface area contributed by atoms with E-state index in [1.807, 2.05) is 0 Å². The van der Waals surface area contributed by atoms with Crippen LogP contribution < -0.4 is 4.90 Å². The van der Waals surface area contributed by atoms with Gasteiger partial charge in [0, 0.05) is 25.2 Å². The van der Waals surface area contributed by atoms with Crippen molar-refractivity contribution in [3.63, 3.8) is 0 Å². The molecular formula is C16H19FN2O2. The lowest BCUT2D eigenvalue weighted by Gasteiger charge is -2.34. The molecule has 5 heteroatoms. The number of halogens is 1. The number of hydrogen-bond acceptors (Lipinski definition) is 2. The Morgan fingerprint density at radius 2 is 2.00 bits per heavy atom. The number of fused-ring (bicyclic) bond motifs is 1. The number of hydrogen-bond donors (Lipinski definition) is 0. The average Bonchev–Trinajstić information content (AvgIpc) is 2.59. The zero-order valence-corrected chi connectivity index (χ0v) is 12.1. The Balaban J connectivity index is 1.95. The molecule has 0 aliphatic carbocycles. The molecule has 0 spiro atoms. The molecule has 1 unspecified atom stereocenters. The highest BCUT2D eigenvalue weighted by Crippen LogP contribution is 2.28. The van der Waals surface area contributed by atoms with E-state index >= 15 is 0 Å². The number of piperidine rings is 1. The smallest absolute Gasteiger partial charge is 0.249 e. The van der Waals surface area contributed by atoms with E-state index in [2.05, 4.69) is 0 Å². The number of carbonyl (C=O) groups excluding carboxylic acids is 2. The van der Waals surface area contributed by atoms with Crippen LogP contribution in [0.25, 0.3) is 0 Å². The van der Waals surface area contributed by atoms with Crippen LogP contribution in [0.15, 0.2) is 18.2 Å². The van der Waals surface area contributed by atoms with Gasteiger partial charge in [0.15, 0.2) is 0 Å². The van der Waals surface area contributed by atoms with Crippen LogP contribution in [0, 0.1) is 12.7 Å². The molecule has 2 saturated heterocycles. The molecule has 4 nitrogen and oxygen atoms in total. The summed E-state index contributed by atoms with van der Waals surface area (Å²) in [5, 5.41) is 0. The first kappa shape index (κ1) is 14.0. The molecule has 0 aromatic heterocycles. The maximum Gasteiger partial charge on any atom is 0.249 e. The van der Waals surface area contributed by atoms with Crippen molar-refractivity contribution in [1.29, 1.82) is 0 Å². The summed E-state index contributed by atoms with van der Waals surface area (Å²) in [6.45, 7) is 2.83. The molecule has 0 N–H and O–H groups in total. The summed E-state index contributed by atoms with van der Waals surface area (Å²) < 4.78 is 13.3. The van der Waals surface area contributed by atoms with Crippen molar-refractivity contribution in [3.8, 4) is 0 Å². The van der Waals surface area contributed by atoms with E-state index in [-0.39, 0.29) is 23.7 Å². The highest BCUT2D eigenvalue weighted by molar-refractivity contribution is 6.01. The molecule has 0 saturated carbocycles. The molecule has 2 aliphatic rings. The molecule has 0 radical (unpaired) electrons. The van der Waals surface area contributed by atoms with E-state index in [0.717, 1.165) is 24.8 Å². The van der Waals surface area contributed by atoms with Crippen molar-refractivity contribution in [3.05, 3.63) is 29.6 Å². The molecule has 2 fully saturated rings. The van der Waals surface area contributed by atoms with Crippen molar-refractivity contribution in [2.45, 2.75) is 38.6 Å². The van der Waals surface area contributed by atoms with E-state index in [1.54, 1.807) is 22.8 Å². The van der Waals surface area contributed by atoms with Crippen molar-refractivity contribution in [2.75, 3.05) is 18.0 Å². The van der Waals surface area contributed by atoms with Crippen LogP contribution in [0.2, 0.25) is 0 Å². The SMILES string of the molecule is Cc1cc(F)ccc1N1CCC(=O)N2CCCCC2C1=O. The lowest BCUT2D eigenvalue weighted by atomic mass is 10.0. The minimum Gasteiger partial charge on any atom is -0.331 e. The summed E-state index contributed by atoms with van der Waals surface area (Å²) >= 11 is 0. The van der Waals surface area contributed by atoms with Gasteiger partial charge in [0.25, 0.3) is 0 Å². The first-order valence-corrected chi connectivity index (χ1v) is 7.45. The number of nitrogens with zero attached hydrogens (tertiary/aromatic N) is 2. The van der Waals surface area contributed by atoms with Crippen LogP contribution in [-0.2, 0) is 9.59 Å². The van der Waals surface area contributed by atoms with Crippen LogP contribution in [0.1, 0.15) is 31.2 Å².